The predicted molar refractivity (Wildman–Crippen MR) is 88.2 cm³/mol. The first-order chi connectivity index (χ1) is 10.5. The Bertz CT molecular complexity index is 702. The third-order valence-corrected chi connectivity index (χ3v) is 3.41. The summed E-state index contributed by atoms with van der Waals surface area (Å²) in [6, 6.07) is 11.2. The zero-order chi connectivity index (χ0) is 16.3. The number of benzene rings is 1. The normalized spacial score (nSPS) is 11.2. The van der Waals surface area contributed by atoms with Crippen molar-refractivity contribution in [1.82, 2.24) is 4.57 Å². The van der Waals surface area contributed by atoms with Crippen LogP contribution in [-0.2, 0) is 6.61 Å². The Labute approximate surface area is 131 Å². The van der Waals surface area contributed by atoms with Gasteiger partial charge in [0.25, 0.3) is 5.56 Å². The standard InChI is InChI=1S/C18H23NO3/c1-12(2)19-16(10-9-14(11-20)18(19)21)15-7-5-6-8-17(15)22-13(3)4/h5-10,12-13,20H,11H2,1-4H3. The number of ether oxygens (including phenoxy) is 1. The molecule has 0 saturated carbocycles. The third kappa shape index (κ3) is 3.22. The van der Waals surface area contributed by atoms with Gasteiger partial charge in [0.15, 0.2) is 0 Å². The fourth-order valence-electron chi connectivity index (χ4n) is 2.48. The maximum atomic E-state index is 12.5. The smallest absolute Gasteiger partial charge is 0.256 e. The number of aliphatic hydroxyl groups is 1. The number of para-hydroxylation sites is 1. The molecule has 0 aliphatic rings. The molecular formula is C18H23NO3. The Morgan fingerprint density at radius 3 is 2.36 bits per heavy atom. The number of pyridine rings is 1. The second-order valence-corrected chi connectivity index (χ2v) is 5.83. The van der Waals surface area contributed by atoms with Crippen LogP contribution in [0.25, 0.3) is 11.3 Å². The van der Waals surface area contributed by atoms with Crippen LogP contribution in [0.2, 0.25) is 0 Å². The van der Waals surface area contributed by atoms with E-state index in [1.165, 1.54) is 0 Å². The first kappa shape index (κ1) is 16.3. The molecule has 0 bridgehead atoms. The number of hydrogen-bond donors (Lipinski definition) is 1. The molecule has 0 saturated heterocycles. The summed E-state index contributed by atoms with van der Waals surface area (Å²) in [5, 5.41) is 9.32. The summed E-state index contributed by atoms with van der Waals surface area (Å²) in [4.78, 5) is 12.5. The van der Waals surface area contributed by atoms with E-state index in [-0.39, 0.29) is 24.3 Å². The van der Waals surface area contributed by atoms with E-state index in [0.717, 1.165) is 17.0 Å². The monoisotopic (exact) mass is 301 g/mol. The molecule has 1 heterocycles. The van der Waals surface area contributed by atoms with Crippen LogP contribution in [-0.4, -0.2) is 15.8 Å². The van der Waals surface area contributed by atoms with Crippen LogP contribution in [0.5, 0.6) is 5.75 Å². The summed E-state index contributed by atoms with van der Waals surface area (Å²) in [6.45, 7) is 7.61. The maximum absolute atomic E-state index is 12.5. The molecule has 0 aliphatic carbocycles. The third-order valence-electron chi connectivity index (χ3n) is 3.41. The number of aromatic nitrogens is 1. The van der Waals surface area contributed by atoms with E-state index in [2.05, 4.69) is 0 Å². The highest BCUT2D eigenvalue weighted by atomic mass is 16.5. The van der Waals surface area contributed by atoms with Crippen molar-refractivity contribution in [1.29, 1.82) is 0 Å². The van der Waals surface area contributed by atoms with Gasteiger partial charge in [-0.3, -0.25) is 4.79 Å². The molecule has 1 aromatic carbocycles. The molecule has 22 heavy (non-hydrogen) atoms. The molecule has 2 rings (SSSR count). The predicted octanol–water partition coefficient (Wildman–Crippen LogP) is 3.38. The minimum absolute atomic E-state index is 0.0129. The lowest BCUT2D eigenvalue weighted by Gasteiger charge is -2.20. The first-order valence-corrected chi connectivity index (χ1v) is 7.57. The Balaban J connectivity index is 2.68. The summed E-state index contributed by atoms with van der Waals surface area (Å²) in [5.41, 5.74) is 1.92. The van der Waals surface area contributed by atoms with Gasteiger partial charge in [-0.25, -0.2) is 0 Å². The molecule has 4 heteroatoms. The highest BCUT2D eigenvalue weighted by Crippen LogP contribution is 2.31. The molecule has 0 fully saturated rings. The highest BCUT2D eigenvalue weighted by Gasteiger charge is 2.16. The second-order valence-electron chi connectivity index (χ2n) is 5.83. The lowest BCUT2D eigenvalue weighted by molar-refractivity contribution is 0.243. The van der Waals surface area contributed by atoms with Crippen LogP contribution in [0, 0.1) is 0 Å². The molecule has 0 spiro atoms. The van der Waals surface area contributed by atoms with Gasteiger partial charge in [0, 0.05) is 17.2 Å². The Morgan fingerprint density at radius 1 is 1.09 bits per heavy atom. The van der Waals surface area contributed by atoms with Gasteiger partial charge in [0.1, 0.15) is 5.75 Å². The minimum Gasteiger partial charge on any atom is -0.490 e. The van der Waals surface area contributed by atoms with Gasteiger partial charge in [0.05, 0.1) is 18.4 Å². The average Bonchev–Trinajstić information content (AvgIpc) is 2.46. The van der Waals surface area contributed by atoms with Gasteiger partial charge < -0.3 is 14.4 Å². The molecule has 4 nitrogen and oxygen atoms in total. The van der Waals surface area contributed by atoms with E-state index in [0.29, 0.717) is 5.56 Å². The van der Waals surface area contributed by atoms with E-state index >= 15 is 0 Å². The van der Waals surface area contributed by atoms with E-state index < -0.39 is 0 Å². The molecular weight excluding hydrogens is 278 g/mol. The van der Waals surface area contributed by atoms with E-state index in [4.69, 9.17) is 4.74 Å². The van der Waals surface area contributed by atoms with E-state index in [1.54, 1.807) is 10.6 Å². The number of nitrogens with zero attached hydrogens (tertiary/aromatic N) is 1. The largest absolute Gasteiger partial charge is 0.490 e. The van der Waals surface area contributed by atoms with Crippen molar-refractivity contribution in [2.24, 2.45) is 0 Å². The minimum atomic E-state index is -0.254. The lowest BCUT2D eigenvalue weighted by atomic mass is 10.1. The van der Waals surface area contributed by atoms with Gasteiger partial charge in [-0.1, -0.05) is 12.1 Å². The molecule has 0 aliphatic heterocycles. The summed E-state index contributed by atoms with van der Waals surface area (Å²) >= 11 is 0. The molecule has 1 aromatic heterocycles. The fourth-order valence-corrected chi connectivity index (χ4v) is 2.48. The summed E-state index contributed by atoms with van der Waals surface area (Å²) < 4.78 is 7.57. The van der Waals surface area contributed by atoms with Gasteiger partial charge in [-0.05, 0) is 52.0 Å². The van der Waals surface area contributed by atoms with Crippen LogP contribution in [0.1, 0.15) is 39.3 Å². The second kappa shape index (κ2) is 6.79. The molecule has 118 valence electrons. The zero-order valence-electron chi connectivity index (χ0n) is 13.5. The average molecular weight is 301 g/mol. The summed E-state index contributed by atoms with van der Waals surface area (Å²) in [6.07, 6.45) is 0.0529. The van der Waals surface area contributed by atoms with Crippen molar-refractivity contribution in [3.8, 4) is 17.0 Å². The molecule has 0 atom stereocenters. The van der Waals surface area contributed by atoms with Crippen molar-refractivity contribution < 1.29 is 9.84 Å². The van der Waals surface area contributed by atoms with Crippen LogP contribution in [0.3, 0.4) is 0 Å². The first-order valence-electron chi connectivity index (χ1n) is 7.57. The van der Waals surface area contributed by atoms with Crippen molar-refractivity contribution >= 4 is 0 Å². The van der Waals surface area contributed by atoms with Crippen LogP contribution in [0.4, 0.5) is 0 Å². The quantitative estimate of drug-likeness (QED) is 0.921. The van der Waals surface area contributed by atoms with E-state index in [1.807, 2.05) is 58.0 Å². The van der Waals surface area contributed by atoms with Crippen molar-refractivity contribution in [3.63, 3.8) is 0 Å². The van der Waals surface area contributed by atoms with Crippen LogP contribution >= 0.6 is 0 Å². The zero-order valence-corrected chi connectivity index (χ0v) is 13.5. The van der Waals surface area contributed by atoms with Crippen LogP contribution < -0.4 is 10.3 Å². The number of rotatable bonds is 5. The van der Waals surface area contributed by atoms with Crippen molar-refractivity contribution in [2.75, 3.05) is 0 Å². The molecule has 2 aromatic rings. The molecule has 1 N–H and O–H groups in total. The lowest BCUT2D eigenvalue weighted by Crippen LogP contribution is -2.26. The molecule has 0 unspecified atom stereocenters. The topological polar surface area (TPSA) is 51.5 Å². The number of hydrogen-bond acceptors (Lipinski definition) is 3. The number of aliphatic hydroxyl groups excluding tert-OH is 1. The van der Waals surface area contributed by atoms with Crippen molar-refractivity contribution in [3.05, 3.63) is 52.3 Å². The maximum Gasteiger partial charge on any atom is 0.256 e. The Kier molecular flexibility index (Phi) is 5.03. The van der Waals surface area contributed by atoms with Gasteiger partial charge in [0.2, 0.25) is 0 Å². The van der Waals surface area contributed by atoms with Gasteiger partial charge >= 0.3 is 0 Å². The van der Waals surface area contributed by atoms with Gasteiger partial charge in [-0.2, -0.15) is 0 Å². The van der Waals surface area contributed by atoms with Gasteiger partial charge in [-0.15, -0.1) is 0 Å². The van der Waals surface area contributed by atoms with E-state index in [9.17, 15) is 9.90 Å². The fraction of sp³-hybridized carbons (Fsp3) is 0.389. The van der Waals surface area contributed by atoms with Crippen LogP contribution in [0.15, 0.2) is 41.2 Å². The summed E-state index contributed by atoms with van der Waals surface area (Å²) in [7, 11) is 0. The molecule has 0 amide bonds. The SMILES string of the molecule is CC(C)Oc1ccccc1-c1ccc(CO)c(=O)n1C(C)C. The Hall–Kier alpha value is -2.07. The highest BCUT2D eigenvalue weighted by molar-refractivity contribution is 5.67. The Morgan fingerprint density at radius 2 is 1.77 bits per heavy atom. The van der Waals surface area contributed by atoms with Crippen molar-refractivity contribution in [2.45, 2.75) is 46.4 Å². The summed E-state index contributed by atoms with van der Waals surface area (Å²) in [5.74, 6) is 0.753. The molecule has 0 radical (unpaired) electrons.